The van der Waals surface area contributed by atoms with E-state index >= 15 is 0 Å². The largest absolute Gasteiger partial charge is 0.595 e. The van der Waals surface area contributed by atoms with Gasteiger partial charge in [-0.1, -0.05) is 0 Å². The van der Waals surface area contributed by atoms with Gasteiger partial charge in [0.05, 0.1) is 6.07 Å². The molecule has 0 aliphatic heterocycles. The number of hydrogen-bond acceptors (Lipinski definition) is 6. The topological polar surface area (TPSA) is 130 Å². The number of hydrogen-bond donors (Lipinski definition) is 4. The highest BCUT2D eigenvalue weighted by Crippen LogP contribution is 2.22. The quantitative estimate of drug-likeness (QED) is 0.483. The monoisotopic (exact) mass is 284 g/mol. The van der Waals surface area contributed by atoms with Crippen molar-refractivity contribution in [3.63, 3.8) is 0 Å². The third-order valence-electron chi connectivity index (χ3n) is 2.67. The zero-order valence-electron chi connectivity index (χ0n) is 11.1. The molecule has 4 N–H and O–H groups in total. The van der Waals surface area contributed by atoms with Crippen LogP contribution in [0.4, 0.5) is 11.4 Å². The number of ketones is 2. The van der Waals surface area contributed by atoms with Gasteiger partial charge in [-0.15, -0.1) is 0 Å². The van der Waals surface area contributed by atoms with Crippen LogP contribution >= 0.6 is 0 Å². The van der Waals surface area contributed by atoms with E-state index < -0.39 is 10.5 Å². The van der Waals surface area contributed by atoms with Gasteiger partial charge < -0.3 is 10.4 Å². The molecular weight excluding hydrogens is 268 g/mol. The normalized spacial score (nSPS) is 13.9. The molecule has 0 bridgehead atoms. The lowest BCUT2D eigenvalue weighted by Crippen LogP contribution is -3.01. The van der Waals surface area contributed by atoms with Gasteiger partial charge in [0.2, 0.25) is 0 Å². The molecule has 0 spiro atoms. The second kappa shape index (κ2) is 6.66. The number of Topliss-reactive ketones (excluding diaryl/α,β-unsaturated/α-hetero) is 2. The van der Waals surface area contributed by atoms with Gasteiger partial charge in [0.25, 0.3) is 0 Å². The first-order valence-corrected chi connectivity index (χ1v) is 5.83. The van der Waals surface area contributed by atoms with Crippen molar-refractivity contribution in [3.05, 3.63) is 33.7 Å². The van der Waals surface area contributed by atoms with E-state index in [4.69, 9.17) is 10.4 Å². The lowest BCUT2D eigenvalue weighted by Gasteiger charge is -2.20. The molecule has 1 rings (SSSR count). The Morgan fingerprint density at radius 1 is 0.950 bits per heavy atom. The molecule has 0 amide bonds. The summed E-state index contributed by atoms with van der Waals surface area (Å²) in [6, 6.07) is 2.32. The first-order chi connectivity index (χ1) is 9.22. The molecule has 1 aromatic carbocycles. The van der Waals surface area contributed by atoms with Gasteiger partial charge in [0.15, 0.2) is 11.4 Å². The summed E-state index contributed by atoms with van der Waals surface area (Å²) in [7, 11) is 0. The molecule has 0 aromatic heterocycles. The van der Waals surface area contributed by atoms with Crippen LogP contribution in [-0.2, 0) is 22.4 Å². The van der Waals surface area contributed by atoms with E-state index in [1.54, 1.807) is 0 Å². The summed E-state index contributed by atoms with van der Waals surface area (Å²) in [6.07, 6.45) is -0.237. The van der Waals surface area contributed by atoms with Gasteiger partial charge in [0.1, 0.15) is 11.6 Å². The molecule has 0 fully saturated rings. The minimum atomic E-state index is -1.31. The Morgan fingerprint density at radius 3 is 1.55 bits per heavy atom. The Kier molecular flexibility index (Phi) is 5.45. The van der Waals surface area contributed by atoms with Crippen molar-refractivity contribution in [2.75, 3.05) is 0 Å². The van der Waals surface area contributed by atoms with Crippen molar-refractivity contribution in [2.24, 2.45) is 0 Å². The summed E-state index contributed by atoms with van der Waals surface area (Å²) in [5.41, 5.74) is -0.0349. The van der Waals surface area contributed by atoms with Crippen LogP contribution in [0.1, 0.15) is 25.0 Å². The third kappa shape index (κ3) is 4.17. The fourth-order valence-electron chi connectivity index (χ4n) is 1.92. The van der Waals surface area contributed by atoms with E-state index in [-0.39, 0.29) is 46.9 Å². The van der Waals surface area contributed by atoms with Crippen molar-refractivity contribution >= 4 is 22.9 Å². The smallest absolute Gasteiger partial charge is 0.173 e. The lowest BCUT2D eigenvalue weighted by atomic mass is 9.99. The summed E-state index contributed by atoms with van der Waals surface area (Å²) in [5.74, 6) is -0.492. The van der Waals surface area contributed by atoms with Gasteiger partial charge in [-0.25, -0.2) is 10.4 Å². The molecule has 0 aliphatic carbocycles. The summed E-state index contributed by atoms with van der Waals surface area (Å²) in [5, 5.41) is 37.8. The van der Waals surface area contributed by atoms with Crippen LogP contribution in [0.5, 0.6) is 0 Å². The zero-order chi connectivity index (χ0) is 15.4. The SMILES string of the molecule is CC(=O)Cc1cc(CC(C)=O)c([NH+]([O-])O)cc1[NH+]([O-])O. The maximum absolute atomic E-state index is 11.2. The van der Waals surface area contributed by atoms with Crippen LogP contribution < -0.4 is 10.5 Å². The number of nitrogens with one attached hydrogen (secondary N) is 2. The molecule has 8 heteroatoms. The second-order valence-electron chi connectivity index (χ2n) is 4.53. The number of carbonyl (C=O) groups excluding carboxylic acids is 2. The Bertz CT molecular complexity index is 484. The Labute approximate surface area is 114 Å². The van der Waals surface area contributed by atoms with E-state index in [2.05, 4.69) is 0 Å². The van der Waals surface area contributed by atoms with Crippen LogP contribution in [-0.4, -0.2) is 22.0 Å². The van der Waals surface area contributed by atoms with Crippen molar-refractivity contribution < 1.29 is 30.5 Å². The highest BCUT2D eigenvalue weighted by Gasteiger charge is 2.20. The van der Waals surface area contributed by atoms with E-state index in [0.29, 0.717) is 0 Å². The maximum atomic E-state index is 11.2. The lowest BCUT2D eigenvalue weighted by molar-refractivity contribution is -0.996. The van der Waals surface area contributed by atoms with Gasteiger partial charge in [-0.05, 0) is 19.9 Å². The molecule has 0 saturated heterocycles. The summed E-state index contributed by atoms with van der Waals surface area (Å²) in [6.45, 7) is 2.61. The first-order valence-electron chi connectivity index (χ1n) is 5.83. The van der Waals surface area contributed by atoms with Gasteiger partial charge in [0, 0.05) is 24.0 Å². The Hall–Kier alpha value is -1.68. The van der Waals surface area contributed by atoms with E-state index in [0.717, 1.165) is 6.07 Å². The van der Waals surface area contributed by atoms with Crippen LogP contribution in [0.15, 0.2) is 12.1 Å². The minimum absolute atomic E-state index is 0.119. The zero-order valence-corrected chi connectivity index (χ0v) is 11.1. The van der Waals surface area contributed by atoms with E-state index in [1.807, 2.05) is 0 Å². The molecule has 2 atom stereocenters. The van der Waals surface area contributed by atoms with Gasteiger partial charge in [-0.3, -0.25) is 9.59 Å². The predicted molar refractivity (Wildman–Crippen MR) is 66.8 cm³/mol. The second-order valence-corrected chi connectivity index (χ2v) is 4.53. The number of benzene rings is 1. The molecule has 2 unspecified atom stereocenters. The molecule has 8 nitrogen and oxygen atoms in total. The van der Waals surface area contributed by atoms with E-state index in [9.17, 15) is 20.0 Å². The molecule has 1 aromatic rings. The fourth-order valence-corrected chi connectivity index (χ4v) is 1.92. The van der Waals surface area contributed by atoms with Gasteiger partial charge >= 0.3 is 0 Å². The van der Waals surface area contributed by atoms with E-state index in [1.165, 1.54) is 19.9 Å². The average Bonchev–Trinajstić information content (AvgIpc) is 2.26. The predicted octanol–water partition coefficient (Wildman–Crippen LogP) is -1.24. The van der Waals surface area contributed by atoms with Crippen molar-refractivity contribution in [1.29, 1.82) is 0 Å². The molecule has 0 saturated carbocycles. The van der Waals surface area contributed by atoms with Crippen molar-refractivity contribution in [3.8, 4) is 0 Å². The minimum Gasteiger partial charge on any atom is -0.595 e. The maximum Gasteiger partial charge on any atom is 0.173 e. The van der Waals surface area contributed by atoms with Gasteiger partial charge in [-0.2, -0.15) is 10.5 Å². The molecule has 0 aliphatic rings. The highest BCUT2D eigenvalue weighted by atomic mass is 16.8. The molecular formula is C12H16N2O6. The average molecular weight is 284 g/mol. The molecule has 0 heterocycles. The highest BCUT2D eigenvalue weighted by molar-refractivity contribution is 5.82. The summed E-state index contributed by atoms with van der Waals surface area (Å²) < 4.78 is 0. The van der Waals surface area contributed by atoms with Crippen LogP contribution in [0.25, 0.3) is 0 Å². The molecule has 20 heavy (non-hydrogen) atoms. The fraction of sp³-hybridized carbons (Fsp3) is 0.333. The third-order valence-corrected chi connectivity index (χ3v) is 2.67. The standard InChI is InChI=1S/C12H16N2O6/c1-7(15)3-9-5-10(4-8(2)16)12(14(19)20)6-11(9)13(17)18/h5-6,13-14,17,19H,3-4H2,1-2H3. The van der Waals surface area contributed by atoms with Crippen LogP contribution in [0.3, 0.4) is 0 Å². The van der Waals surface area contributed by atoms with Crippen LogP contribution in [0, 0.1) is 10.4 Å². The van der Waals surface area contributed by atoms with Crippen LogP contribution in [0.2, 0.25) is 0 Å². The Balaban J connectivity index is 3.42. The first kappa shape index (κ1) is 16.4. The number of quaternary nitrogens is 2. The molecule has 0 radical (unpaired) electrons. The molecule has 110 valence electrons. The van der Waals surface area contributed by atoms with Crippen molar-refractivity contribution in [2.45, 2.75) is 26.7 Å². The van der Waals surface area contributed by atoms with Crippen molar-refractivity contribution in [1.82, 2.24) is 0 Å². The summed E-state index contributed by atoms with van der Waals surface area (Å²) in [4.78, 5) is 22.3. The number of carbonyl (C=O) groups is 2. The summed E-state index contributed by atoms with van der Waals surface area (Å²) >= 11 is 0. The Morgan fingerprint density at radius 2 is 1.30 bits per heavy atom. The number of rotatable bonds is 6.